The van der Waals surface area contributed by atoms with Crippen LogP contribution in [0.3, 0.4) is 0 Å². The van der Waals surface area contributed by atoms with Gasteiger partial charge >= 0.3 is 0 Å². The van der Waals surface area contributed by atoms with E-state index in [2.05, 4.69) is 0 Å². The van der Waals surface area contributed by atoms with Gasteiger partial charge in [0.05, 0.1) is 9.79 Å². The number of hydrogen-bond acceptors (Lipinski definition) is 6. The molecule has 0 unspecified atom stereocenters. The average Bonchev–Trinajstić information content (AvgIpc) is 3.16. The number of sulfone groups is 1. The van der Waals surface area contributed by atoms with E-state index in [1.54, 1.807) is 48.5 Å². The van der Waals surface area contributed by atoms with Crippen molar-refractivity contribution in [2.75, 3.05) is 0 Å². The maximum absolute atomic E-state index is 13.1. The summed E-state index contributed by atoms with van der Waals surface area (Å²) in [6.07, 6.45) is 0. The third-order valence-electron chi connectivity index (χ3n) is 8.95. The first-order valence-corrected chi connectivity index (χ1v) is 19.4. The van der Waals surface area contributed by atoms with E-state index in [9.17, 15) is 8.42 Å². The molecule has 0 aliphatic rings. The van der Waals surface area contributed by atoms with Crippen LogP contribution in [-0.4, -0.2) is 8.42 Å². The minimum absolute atomic E-state index is 0.206. The van der Waals surface area contributed by atoms with Crippen molar-refractivity contribution >= 4 is 9.84 Å². The Morgan fingerprint density at radius 3 is 0.982 bits per heavy atom. The molecule has 0 aliphatic heterocycles. The Morgan fingerprint density at radius 2 is 0.618 bits per heavy atom. The van der Waals surface area contributed by atoms with Gasteiger partial charge in [-0.2, -0.15) is 0 Å². The average molecular weight is 749 g/mol. The standard InChI is InChI=1S/C28H26O4S.C20H18O2/c1-19-5-7-25(17-21(19)3)31-23-9-13-27(14-10-23)33(29,30)28-15-11-24(12-16-28)32-26-8-6-20(2)22(4)18-26;1-15-6-3-8-17(12-15)21-19-10-5-11-20(14-19)22-18-9-4-7-16(2)13-18/h5-18H,1-4H3;3-14H,1-2H3. The Bertz CT molecular complexity index is 2340. The van der Waals surface area contributed by atoms with Gasteiger partial charge in [0.1, 0.15) is 46.0 Å². The Morgan fingerprint density at radius 1 is 0.309 bits per heavy atom. The van der Waals surface area contributed by atoms with Gasteiger partial charge in [0.15, 0.2) is 0 Å². The lowest BCUT2D eigenvalue weighted by Gasteiger charge is -2.10. The summed E-state index contributed by atoms with van der Waals surface area (Å²) in [5.74, 6) is 5.76. The van der Waals surface area contributed by atoms with Crippen molar-refractivity contribution in [3.8, 4) is 46.0 Å². The number of rotatable bonds is 10. The Balaban J connectivity index is 0.000000203. The van der Waals surface area contributed by atoms with Crippen LogP contribution in [0.2, 0.25) is 0 Å². The van der Waals surface area contributed by atoms with E-state index in [0.717, 1.165) is 34.1 Å². The lowest BCUT2D eigenvalue weighted by molar-refractivity contribution is 0.460. The molecule has 55 heavy (non-hydrogen) atoms. The predicted octanol–water partition coefficient (Wildman–Crippen LogP) is 13.2. The van der Waals surface area contributed by atoms with Gasteiger partial charge in [-0.25, -0.2) is 8.42 Å². The molecule has 6 nitrogen and oxygen atoms in total. The third kappa shape index (κ3) is 10.4. The summed E-state index contributed by atoms with van der Waals surface area (Å²) >= 11 is 0. The van der Waals surface area contributed by atoms with Crippen LogP contribution >= 0.6 is 0 Å². The highest BCUT2D eigenvalue weighted by atomic mass is 32.2. The van der Waals surface area contributed by atoms with Gasteiger partial charge < -0.3 is 18.9 Å². The molecule has 7 rings (SSSR count). The summed E-state index contributed by atoms with van der Waals surface area (Å²) in [7, 11) is -3.65. The van der Waals surface area contributed by atoms with E-state index < -0.39 is 9.84 Å². The van der Waals surface area contributed by atoms with Crippen molar-refractivity contribution in [2.24, 2.45) is 0 Å². The van der Waals surface area contributed by atoms with E-state index >= 15 is 0 Å². The van der Waals surface area contributed by atoms with Gasteiger partial charge in [-0.15, -0.1) is 0 Å². The fourth-order valence-corrected chi connectivity index (χ4v) is 6.83. The quantitative estimate of drug-likeness (QED) is 0.139. The molecular weight excluding hydrogens is 705 g/mol. The lowest BCUT2D eigenvalue weighted by Crippen LogP contribution is -2.02. The van der Waals surface area contributed by atoms with Gasteiger partial charge in [-0.3, -0.25) is 0 Å². The third-order valence-corrected chi connectivity index (χ3v) is 10.7. The normalized spacial score (nSPS) is 10.9. The summed E-state index contributed by atoms with van der Waals surface area (Å²) in [5, 5.41) is 0. The first kappa shape index (κ1) is 38.4. The molecule has 0 bridgehead atoms. The van der Waals surface area contributed by atoms with E-state index in [0.29, 0.717) is 23.0 Å². The van der Waals surface area contributed by atoms with Crippen LogP contribution in [0.5, 0.6) is 46.0 Å². The van der Waals surface area contributed by atoms with Crippen molar-refractivity contribution in [1.82, 2.24) is 0 Å². The van der Waals surface area contributed by atoms with Crippen molar-refractivity contribution in [3.05, 3.63) is 191 Å². The summed E-state index contributed by atoms with van der Waals surface area (Å²) in [5.41, 5.74) is 6.99. The van der Waals surface area contributed by atoms with Crippen molar-refractivity contribution in [3.63, 3.8) is 0 Å². The summed E-state index contributed by atoms with van der Waals surface area (Å²) < 4.78 is 49.6. The Hall–Kier alpha value is -6.31. The molecule has 0 fully saturated rings. The molecule has 0 N–H and O–H groups in total. The second-order valence-electron chi connectivity index (χ2n) is 13.5. The van der Waals surface area contributed by atoms with Crippen molar-refractivity contribution in [1.29, 1.82) is 0 Å². The number of ether oxygens (including phenoxy) is 4. The molecule has 0 heterocycles. The molecule has 0 aliphatic carbocycles. The van der Waals surface area contributed by atoms with E-state index in [1.807, 2.05) is 151 Å². The zero-order valence-electron chi connectivity index (χ0n) is 31.9. The van der Waals surface area contributed by atoms with E-state index in [1.165, 1.54) is 22.3 Å². The Kier molecular flexibility index (Phi) is 12.0. The minimum atomic E-state index is -3.65. The molecule has 0 radical (unpaired) electrons. The van der Waals surface area contributed by atoms with E-state index in [4.69, 9.17) is 18.9 Å². The molecular formula is C48H44O6S. The minimum Gasteiger partial charge on any atom is -0.457 e. The topological polar surface area (TPSA) is 71.1 Å². The Labute approximate surface area is 324 Å². The van der Waals surface area contributed by atoms with Crippen LogP contribution in [0.15, 0.2) is 168 Å². The predicted molar refractivity (Wildman–Crippen MR) is 219 cm³/mol. The number of aryl methyl sites for hydroxylation is 6. The monoisotopic (exact) mass is 748 g/mol. The highest BCUT2D eigenvalue weighted by Gasteiger charge is 2.18. The second kappa shape index (κ2) is 17.2. The molecule has 7 aromatic carbocycles. The fraction of sp³-hybridized carbons (Fsp3) is 0.125. The van der Waals surface area contributed by atoms with Gasteiger partial charge in [0.25, 0.3) is 0 Å². The molecule has 0 saturated heterocycles. The SMILES string of the molecule is Cc1ccc(Oc2ccc(S(=O)(=O)c3ccc(Oc4ccc(C)c(C)c4)cc3)cc2)cc1C.Cc1cccc(Oc2cccc(Oc3cccc(C)c3)c2)c1. The summed E-state index contributed by atoms with van der Waals surface area (Å²) in [4.78, 5) is 0.413. The van der Waals surface area contributed by atoms with Gasteiger partial charge in [0, 0.05) is 6.07 Å². The van der Waals surface area contributed by atoms with E-state index in [-0.39, 0.29) is 9.79 Å². The largest absolute Gasteiger partial charge is 0.457 e. The van der Waals surface area contributed by atoms with Gasteiger partial charge in [-0.1, -0.05) is 42.5 Å². The smallest absolute Gasteiger partial charge is 0.206 e. The first-order valence-electron chi connectivity index (χ1n) is 18.0. The van der Waals surface area contributed by atoms with Crippen LogP contribution in [0.1, 0.15) is 33.4 Å². The molecule has 278 valence electrons. The van der Waals surface area contributed by atoms with Gasteiger partial charge in [-0.05, 0) is 184 Å². The zero-order chi connectivity index (χ0) is 39.0. The number of hydrogen-bond donors (Lipinski definition) is 0. The lowest BCUT2D eigenvalue weighted by atomic mass is 10.1. The van der Waals surface area contributed by atoms with Crippen LogP contribution in [-0.2, 0) is 9.84 Å². The highest BCUT2D eigenvalue weighted by Crippen LogP contribution is 2.31. The van der Waals surface area contributed by atoms with Crippen LogP contribution in [0, 0.1) is 41.5 Å². The molecule has 7 heteroatoms. The summed E-state index contributed by atoms with van der Waals surface area (Å²) in [6.45, 7) is 12.2. The molecule has 0 saturated carbocycles. The van der Waals surface area contributed by atoms with Crippen LogP contribution < -0.4 is 18.9 Å². The molecule has 0 spiro atoms. The van der Waals surface area contributed by atoms with Gasteiger partial charge in [0.2, 0.25) is 9.84 Å². The maximum atomic E-state index is 13.1. The van der Waals surface area contributed by atoms with Crippen LogP contribution in [0.4, 0.5) is 0 Å². The summed E-state index contributed by atoms with van der Waals surface area (Å²) in [6, 6.07) is 48.2. The van der Waals surface area contributed by atoms with Crippen molar-refractivity contribution in [2.45, 2.75) is 51.3 Å². The van der Waals surface area contributed by atoms with Crippen molar-refractivity contribution < 1.29 is 27.4 Å². The second-order valence-corrected chi connectivity index (χ2v) is 15.4. The fourth-order valence-electron chi connectivity index (χ4n) is 5.57. The zero-order valence-corrected chi connectivity index (χ0v) is 32.7. The number of benzene rings is 7. The van der Waals surface area contributed by atoms with Crippen LogP contribution in [0.25, 0.3) is 0 Å². The molecule has 0 aromatic heterocycles. The molecule has 0 atom stereocenters. The highest BCUT2D eigenvalue weighted by molar-refractivity contribution is 7.91. The molecule has 7 aromatic rings. The molecule has 0 amide bonds. The maximum Gasteiger partial charge on any atom is 0.206 e. The first-order chi connectivity index (χ1) is 26.4.